The van der Waals surface area contributed by atoms with Gasteiger partial charge in [-0.1, -0.05) is 98.9 Å². The van der Waals surface area contributed by atoms with Gasteiger partial charge in [0.05, 0.1) is 112 Å². The van der Waals surface area contributed by atoms with Crippen molar-refractivity contribution in [3.8, 4) is 0 Å². The number of nitrogens with one attached hydrogen (secondary N) is 1. The first-order valence-corrected chi connectivity index (χ1v) is 28.0. The van der Waals surface area contributed by atoms with E-state index in [0.717, 1.165) is 0 Å². The normalized spacial score (nSPS) is 43.0. The minimum atomic E-state index is -2.46. The SMILES string of the molecule is CC1[C@H](C)OC(=O)C[C@H](O)C[C@H](O)CC[C@@H](O)[C@H](O)C[C@H](O)C[C@]2(O)C[C@H](O)C(C(=O)N3CCOCC3)C(C[C@@H](OC3O[C@H](C)[C@@H](O)[C@H](NC[C@@]4(O)OC[C@@H](O)[C@H](O)[C@@H]4O)[C@@H]3O)C=CC=CC=CC=CC=CC=CC=C[C@H](C)[C@H]1O)O2. The lowest BCUT2D eigenvalue weighted by Gasteiger charge is -2.47. The lowest BCUT2D eigenvalue weighted by molar-refractivity contribution is -0.323. The van der Waals surface area contributed by atoms with Crippen LogP contribution < -0.4 is 5.32 Å². The number of rotatable bonds is 6. The summed E-state index contributed by atoms with van der Waals surface area (Å²) in [7, 11) is 0. The summed E-state index contributed by atoms with van der Waals surface area (Å²) in [5.74, 6) is -8.22. The van der Waals surface area contributed by atoms with E-state index in [-0.39, 0.29) is 57.9 Å². The minimum Gasteiger partial charge on any atom is -0.462 e. The maximum absolute atomic E-state index is 14.4. The number of esters is 1. The van der Waals surface area contributed by atoms with Crippen LogP contribution in [0.4, 0.5) is 0 Å². The molecule has 4 saturated heterocycles. The van der Waals surface area contributed by atoms with E-state index in [9.17, 15) is 81.1 Å². The molecule has 5 aliphatic heterocycles. The summed E-state index contributed by atoms with van der Waals surface area (Å²) >= 11 is 0. The Hall–Kier alpha value is -3.68. The highest BCUT2D eigenvalue weighted by molar-refractivity contribution is 5.80. The van der Waals surface area contributed by atoms with Crippen molar-refractivity contribution in [2.75, 3.05) is 39.5 Å². The average molecular weight is 1160 g/mol. The maximum Gasteiger partial charge on any atom is 0.308 e. The summed E-state index contributed by atoms with van der Waals surface area (Å²) in [5, 5.41) is 157. The monoisotopic (exact) mass is 1150 g/mol. The molecule has 15 N–H and O–H groups in total. The second kappa shape index (κ2) is 32.6. The van der Waals surface area contributed by atoms with Gasteiger partial charge in [0.15, 0.2) is 12.1 Å². The first-order chi connectivity index (χ1) is 38.3. The van der Waals surface area contributed by atoms with Gasteiger partial charge in [0, 0.05) is 50.6 Å². The second-order valence-electron chi connectivity index (χ2n) is 22.2. The third-order valence-corrected chi connectivity index (χ3v) is 15.6. The number of cyclic esters (lactones) is 1. The Kier molecular flexibility index (Phi) is 27.4. The topological polar surface area (TPSA) is 388 Å². The molecule has 0 aromatic carbocycles. The molecule has 0 aromatic heterocycles. The van der Waals surface area contributed by atoms with Gasteiger partial charge in [-0.05, 0) is 33.1 Å². The molecule has 4 fully saturated rings. The fraction of sp³-hybridized carbons (Fsp3) is 0.719. The molecule has 2 bridgehead atoms. The van der Waals surface area contributed by atoms with E-state index in [0.29, 0.717) is 0 Å². The number of morpholine rings is 1. The number of carbonyl (C=O) groups excluding carboxylic acids is 2. The summed E-state index contributed by atoms with van der Waals surface area (Å²) in [5.41, 5.74) is 0. The molecule has 81 heavy (non-hydrogen) atoms. The predicted molar refractivity (Wildman–Crippen MR) is 289 cm³/mol. The van der Waals surface area contributed by atoms with Gasteiger partial charge in [0.2, 0.25) is 11.7 Å². The van der Waals surface area contributed by atoms with Crippen LogP contribution in [0.15, 0.2) is 85.1 Å². The molecule has 1 amide bonds. The molecule has 4 unspecified atom stereocenters. The fourth-order valence-electron chi connectivity index (χ4n) is 10.5. The van der Waals surface area contributed by atoms with Crippen molar-refractivity contribution in [3.63, 3.8) is 0 Å². The molecule has 24 nitrogen and oxygen atoms in total. The number of nitrogens with zero attached hydrogens (tertiary/aromatic N) is 1. The van der Waals surface area contributed by atoms with Gasteiger partial charge in [-0.3, -0.25) is 9.59 Å². The molecular weight excluding hydrogens is 1060 g/mol. The number of ether oxygens (including phenoxy) is 6. The van der Waals surface area contributed by atoms with E-state index in [4.69, 9.17) is 28.4 Å². The van der Waals surface area contributed by atoms with Crippen molar-refractivity contribution in [2.24, 2.45) is 17.8 Å². The Balaban J connectivity index is 1.42. The molecule has 5 rings (SSSR count). The zero-order chi connectivity index (χ0) is 59.6. The number of amides is 1. The van der Waals surface area contributed by atoms with Crippen LogP contribution in [0.3, 0.4) is 0 Å². The van der Waals surface area contributed by atoms with Crippen molar-refractivity contribution >= 4 is 11.9 Å². The Morgan fingerprint density at radius 2 is 1.26 bits per heavy atom. The highest BCUT2D eigenvalue weighted by Gasteiger charge is 2.53. The van der Waals surface area contributed by atoms with Crippen LogP contribution in [0.2, 0.25) is 0 Å². The van der Waals surface area contributed by atoms with Crippen molar-refractivity contribution in [2.45, 2.75) is 201 Å². The van der Waals surface area contributed by atoms with E-state index in [1.807, 2.05) is 13.0 Å². The fourth-order valence-corrected chi connectivity index (χ4v) is 10.5. The number of allylic oxidation sites excluding steroid dienone is 12. The van der Waals surface area contributed by atoms with Gasteiger partial charge in [0.1, 0.15) is 30.5 Å². The molecular formula is C57H90N2O22. The lowest BCUT2D eigenvalue weighted by atomic mass is 9.81. The Morgan fingerprint density at radius 3 is 1.89 bits per heavy atom. The molecule has 460 valence electrons. The van der Waals surface area contributed by atoms with Crippen LogP contribution in [0, 0.1) is 17.8 Å². The standard InChI is InChI=1S/C57H90N2O22/c1-33-17-15-13-11-9-7-5-6-8-10-12-14-16-18-40(80-55-52(71)48(50(69)36(4)79-55)58-32-57(75)53(72)51(70)44(66)31-77-57)28-45-47(54(73)59-21-23-76-24-22-59)43(65)30-56(74,81-45)29-39(62)26-42(64)41(63)20-19-37(60)25-38(61)27-46(67)78-35(3)34(2)49(33)68/h5-18,33-45,47-53,55,58,60-66,68-72,74-75H,19-32H2,1-4H3/t33-,34?,35-,36+,37+,38+,39-,40-,41+,42+,43-,44+,45?,47?,48-,49+,50+,51-,52-,53-,55?,56+,57+/m0/s1. The van der Waals surface area contributed by atoms with Crippen LogP contribution in [-0.4, -0.2) is 249 Å². The average Bonchev–Trinajstić information content (AvgIpc) is 3.52. The molecule has 0 saturated carbocycles. The largest absolute Gasteiger partial charge is 0.462 e. The molecule has 23 atom stereocenters. The molecule has 0 radical (unpaired) electrons. The predicted octanol–water partition coefficient (Wildman–Crippen LogP) is -2.08. The quantitative estimate of drug-likeness (QED) is 0.127. The maximum atomic E-state index is 14.4. The highest BCUT2D eigenvalue weighted by atomic mass is 16.7. The van der Waals surface area contributed by atoms with Gasteiger partial charge in [-0.25, -0.2) is 0 Å². The molecule has 24 heteroatoms. The van der Waals surface area contributed by atoms with Gasteiger partial charge in [-0.2, -0.15) is 0 Å². The summed E-state index contributed by atoms with van der Waals surface area (Å²) in [6, 6.07) is -1.34. The summed E-state index contributed by atoms with van der Waals surface area (Å²) in [4.78, 5) is 28.6. The third-order valence-electron chi connectivity index (χ3n) is 15.6. The number of hydrogen-bond acceptors (Lipinski definition) is 23. The van der Waals surface area contributed by atoms with Crippen LogP contribution in [-0.2, 0) is 38.0 Å². The third kappa shape index (κ3) is 20.5. The number of hydrogen-bond donors (Lipinski definition) is 15. The van der Waals surface area contributed by atoms with Gasteiger partial charge < -0.3 is 110 Å². The Morgan fingerprint density at radius 1 is 0.654 bits per heavy atom. The van der Waals surface area contributed by atoms with E-state index in [1.165, 1.54) is 17.9 Å². The summed E-state index contributed by atoms with van der Waals surface area (Å²) in [6.07, 6.45) is -2.91. The zero-order valence-corrected chi connectivity index (χ0v) is 46.6. The summed E-state index contributed by atoms with van der Waals surface area (Å²) in [6.45, 7) is 6.27. The smallest absolute Gasteiger partial charge is 0.308 e. The van der Waals surface area contributed by atoms with Crippen molar-refractivity contribution in [3.05, 3.63) is 85.1 Å². The number of aliphatic hydroxyl groups is 14. The molecule has 0 aliphatic carbocycles. The van der Waals surface area contributed by atoms with Crippen molar-refractivity contribution in [1.29, 1.82) is 0 Å². The molecule has 0 aromatic rings. The number of aliphatic hydroxyl groups excluding tert-OH is 12. The Labute approximate surface area is 473 Å². The molecule has 5 aliphatic rings. The van der Waals surface area contributed by atoms with E-state index < -0.39 is 184 Å². The molecule has 0 spiro atoms. The minimum absolute atomic E-state index is 0.129. The van der Waals surface area contributed by atoms with Crippen molar-refractivity contribution in [1.82, 2.24) is 10.2 Å². The highest BCUT2D eigenvalue weighted by Crippen LogP contribution is 2.39. The van der Waals surface area contributed by atoms with Gasteiger partial charge >= 0.3 is 5.97 Å². The van der Waals surface area contributed by atoms with E-state index in [2.05, 4.69) is 5.32 Å². The zero-order valence-electron chi connectivity index (χ0n) is 46.6. The van der Waals surface area contributed by atoms with Gasteiger partial charge in [-0.15, -0.1) is 0 Å². The Bertz CT molecular complexity index is 2140. The van der Waals surface area contributed by atoms with Crippen LogP contribution in [0.1, 0.15) is 79.1 Å². The van der Waals surface area contributed by atoms with Crippen molar-refractivity contribution < 1.29 is 110 Å². The van der Waals surface area contributed by atoms with E-state index >= 15 is 0 Å². The first-order valence-electron chi connectivity index (χ1n) is 28.0. The van der Waals surface area contributed by atoms with Gasteiger partial charge in [0.25, 0.3) is 0 Å². The first kappa shape index (κ1) is 68.1. The van der Waals surface area contributed by atoms with Crippen LogP contribution >= 0.6 is 0 Å². The van der Waals surface area contributed by atoms with E-state index in [1.54, 1.807) is 86.8 Å². The lowest BCUT2D eigenvalue weighted by Crippen LogP contribution is -2.69. The summed E-state index contributed by atoms with van der Waals surface area (Å²) < 4.78 is 34.9. The number of carbonyl (C=O) groups is 2. The molecule has 5 heterocycles. The van der Waals surface area contributed by atoms with Crippen LogP contribution in [0.5, 0.6) is 0 Å². The number of fused-ring (bicyclic) bond motifs is 2. The van der Waals surface area contributed by atoms with Crippen LogP contribution in [0.25, 0.3) is 0 Å². The second-order valence-corrected chi connectivity index (χ2v) is 22.2.